The van der Waals surface area contributed by atoms with Crippen molar-refractivity contribution in [1.29, 1.82) is 0 Å². The van der Waals surface area contributed by atoms with Gasteiger partial charge in [0.25, 0.3) is 0 Å². The molecule has 1 N–H and O–H groups in total. The Morgan fingerprint density at radius 3 is 2.00 bits per heavy atom. The van der Waals surface area contributed by atoms with Crippen LogP contribution in [-0.4, -0.2) is 36.1 Å². The summed E-state index contributed by atoms with van der Waals surface area (Å²) in [6.45, 7) is 21.1. The summed E-state index contributed by atoms with van der Waals surface area (Å²) >= 11 is 0. The van der Waals surface area contributed by atoms with Crippen LogP contribution in [0.4, 0.5) is 0 Å². The molecule has 0 amide bonds. The molecule has 1 aliphatic heterocycles. The standard InChI is InChI=1S/C16H34N2/c1-11(2)13(5)18-10-15(16(6,7)8)17-9-14(18)12(3)4/h11-15,17H,9-10H2,1-8H3. The third kappa shape index (κ3) is 3.71. The van der Waals surface area contributed by atoms with Crippen LogP contribution in [0, 0.1) is 17.3 Å². The van der Waals surface area contributed by atoms with Gasteiger partial charge in [-0.2, -0.15) is 0 Å². The highest BCUT2D eigenvalue weighted by Gasteiger charge is 2.37. The van der Waals surface area contributed by atoms with E-state index < -0.39 is 0 Å². The summed E-state index contributed by atoms with van der Waals surface area (Å²) < 4.78 is 0. The number of piperazine rings is 1. The lowest BCUT2D eigenvalue weighted by atomic mass is 9.82. The van der Waals surface area contributed by atoms with Gasteiger partial charge in [0.05, 0.1) is 0 Å². The van der Waals surface area contributed by atoms with Gasteiger partial charge in [0.1, 0.15) is 0 Å². The number of hydrogen-bond acceptors (Lipinski definition) is 2. The van der Waals surface area contributed by atoms with Crippen molar-refractivity contribution < 1.29 is 0 Å². The maximum atomic E-state index is 3.77. The minimum absolute atomic E-state index is 0.344. The van der Waals surface area contributed by atoms with Crippen LogP contribution < -0.4 is 5.32 Å². The first-order chi connectivity index (χ1) is 8.14. The smallest absolute Gasteiger partial charge is 0.0247 e. The second-order valence-electron chi connectivity index (χ2n) is 7.82. The van der Waals surface area contributed by atoms with Crippen molar-refractivity contribution in [1.82, 2.24) is 10.2 Å². The second kappa shape index (κ2) is 5.92. The molecule has 0 bridgehead atoms. The predicted octanol–water partition coefficient (Wildman–Crippen LogP) is 3.38. The lowest BCUT2D eigenvalue weighted by Crippen LogP contribution is -2.64. The van der Waals surface area contributed by atoms with Crippen molar-refractivity contribution in [2.75, 3.05) is 13.1 Å². The fraction of sp³-hybridized carbons (Fsp3) is 1.00. The second-order valence-corrected chi connectivity index (χ2v) is 7.82. The maximum Gasteiger partial charge on any atom is 0.0247 e. The molecule has 108 valence electrons. The molecule has 1 rings (SSSR count). The molecule has 18 heavy (non-hydrogen) atoms. The SMILES string of the molecule is CC(C)C(C)N1CC(C(C)(C)C)NCC1C(C)C. The quantitative estimate of drug-likeness (QED) is 0.830. The summed E-state index contributed by atoms with van der Waals surface area (Å²) in [5.41, 5.74) is 0.344. The van der Waals surface area contributed by atoms with Gasteiger partial charge in [-0.05, 0) is 24.2 Å². The fourth-order valence-electron chi connectivity index (χ4n) is 2.84. The van der Waals surface area contributed by atoms with Crippen LogP contribution in [0.5, 0.6) is 0 Å². The number of nitrogens with one attached hydrogen (secondary N) is 1. The van der Waals surface area contributed by atoms with Crippen LogP contribution in [0.3, 0.4) is 0 Å². The van der Waals surface area contributed by atoms with E-state index in [1.165, 1.54) is 6.54 Å². The molecule has 0 aliphatic carbocycles. The predicted molar refractivity (Wildman–Crippen MR) is 80.9 cm³/mol. The number of hydrogen-bond donors (Lipinski definition) is 1. The lowest BCUT2D eigenvalue weighted by molar-refractivity contribution is 0.0199. The van der Waals surface area contributed by atoms with Crippen LogP contribution >= 0.6 is 0 Å². The molecule has 0 spiro atoms. The van der Waals surface area contributed by atoms with E-state index in [1.807, 2.05) is 0 Å². The zero-order valence-corrected chi connectivity index (χ0v) is 13.7. The molecule has 1 saturated heterocycles. The Morgan fingerprint density at radius 1 is 1.06 bits per heavy atom. The van der Waals surface area contributed by atoms with Gasteiger partial charge in [0, 0.05) is 31.2 Å². The molecule has 1 aliphatic rings. The average molecular weight is 254 g/mol. The van der Waals surface area contributed by atoms with Gasteiger partial charge in [-0.25, -0.2) is 0 Å². The van der Waals surface area contributed by atoms with Gasteiger partial charge in [0.2, 0.25) is 0 Å². The summed E-state index contributed by atoms with van der Waals surface area (Å²) in [5, 5.41) is 3.77. The van der Waals surface area contributed by atoms with Crippen LogP contribution in [0.1, 0.15) is 55.4 Å². The minimum Gasteiger partial charge on any atom is -0.311 e. The molecule has 0 saturated carbocycles. The Balaban J connectivity index is 2.83. The Labute approximate surface area is 115 Å². The Kier molecular flexibility index (Phi) is 5.25. The van der Waals surface area contributed by atoms with Gasteiger partial charge in [-0.15, -0.1) is 0 Å². The van der Waals surface area contributed by atoms with E-state index >= 15 is 0 Å². The van der Waals surface area contributed by atoms with E-state index in [4.69, 9.17) is 0 Å². The molecule has 2 heteroatoms. The summed E-state index contributed by atoms with van der Waals surface area (Å²) in [5.74, 6) is 1.45. The third-order valence-electron chi connectivity index (χ3n) is 4.70. The van der Waals surface area contributed by atoms with Gasteiger partial charge < -0.3 is 5.32 Å². The fourth-order valence-corrected chi connectivity index (χ4v) is 2.84. The van der Waals surface area contributed by atoms with E-state index in [9.17, 15) is 0 Å². The first-order valence-corrected chi connectivity index (χ1v) is 7.63. The first kappa shape index (κ1) is 16.0. The molecule has 0 aromatic rings. The molecule has 1 heterocycles. The van der Waals surface area contributed by atoms with Crippen LogP contribution in [0.15, 0.2) is 0 Å². The topological polar surface area (TPSA) is 15.3 Å². The van der Waals surface area contributed by atoms with Crippen molar-refractivity contribution in [2.45, 2.75) is 73.5 Å². The van der Waals surface area contributed by atoms with Crippen molar-refractivity contribution >= 4 is 0 Å². The monoisotopic (exact) mass is 254 g/mol. The van der Waals surface area contributed by atoms with Crippen LogP contribution in [0.2, 0.25) is 0 Å². The third-order valence-corrected chi connectivity index (χ3v) is 4.70. The highest BCUT2D eigenvalue weighted by molar-refractivity contribution is 4.95. The van der Waals surface area contributed by atoms with Gasteiger partial charge >= 0.3 is 0 Å². The van der Waals surface area contributed by atoms with Gasteiger partial charge in [-0.3, -0.25) is 4.90 Å². The van der Waals surface area contributed by atoms with E-state index in [-0.39, 0.29) is 0 Å². The molecule has 0 aromatic heterocycles. The molecule has 0 aromatic carbocycles. The number of nitrogens with zero attached hydrogens (tertiary/aromatic N) is 1. The first-order valence-electron chi connectivity index (χ1n) is 7.63. The van der Waals surface area contributed by atoms with Crippen molar-refractivity contribution in [3.05, 3.63) is 0 Å². The Morgan fingerprint density at radius 2 is 1.61 bits per heavy atom. The van der Waals surface area contributed by atoms with Gasteiger partial charge in [-0.1, -0.05) is 48.5 Å². The number of rotatable bonds is 3. The van der Waals surface area contributed by atoms with Crippen molar-refractivity contribution in [3.63, 3.8) is 0 Å². The van der Waals surface area contributed by atoms with Gasteiger partial charge in [0.15, 0.2) is 0 Å². The van der Waals surface area contributed by atoms with Crippen molar-refractivity contribution in [3.8, 4) is 0 Å². The largest absolute Gasteiger partial charge is 0.311 e. The highest BCUT2D eigenvalue weighted by Crippen LogP contribution is 2.28. The Hall–Kier alpha value is -0.0800. The van der Waals surface area contributed by atoms with Crippen molar-refractivity contribution in [2.24, 2.45) is 17.3 Å². The van der Waals surface area contributed by atoms with Crippen LogP contribution in [0.25, 0.3) is 0 Å². The normalized spacial score (nSPS) is 29.0. The van der Waals surface area contributed by atoms with E-state index in [2.05, 4.69) is 65.6 Å². The summed E-state index contributed by atoms with van der Waals surface area (Å²) in [7, 11) is 0. The van der Waals surface area contributed by atoms with E-state index in [0.717, 1.165) is 18.4 Å². The summed E-state index contributed by atoms with van der Waals surface area (Å²) in [6.07, 6.45) is 0. The average Bonchev–Trinajstić information content (AvgIpc) is 2.25. The molecule has 3 atom stereocenters. The van der Waals surface area contributed by atoms with E-state index in [0.29, 0.717) is 23.5 Å². The maximum absolute atomic E-state index is 3.77. The van der Waals surface area contributed by atoms with Crippen LogP contribution in [-0.2, 0) is 0 Å². The summed E-state index contributed by atoms with van der Waals surface area (Å²) in [4.78, 5) is 2.75. The molecule has 0 radical (unpaired) electrons. The molecule has 2 nitrogen and oxygen atoms in total. The molecule has 1 fully saturated rings. The molecule has 3 unspecified atom stereocenters. The molecular formula is C16H34N2. The Bertz CT molecular complexity index is 252. The summed E-state index contributed by atoms with van der Waals surface area (Å²) in [6, 6.07) is 1.96. The highest BCUT2D eigenvalue weighted by atomic mass is 15.3. The lowest BCUT2D eigenvalue weighted by Gasteiger charge is -2.49. The minimum atomic E-state index is 0.344. The zero-order valence-electron chi connectivity index (χ0n) is 13.7. The molecular weight excluding hydrogens is 220 g/mol. The van der Waals surface area contributed by atoms with E-state index in [1.54, 1.807) is 0 Å². The zero-order chi connectivity index (χ0) is 14.1.